The molecular weight excluding hydrogens is 367 g/mol. The van der Waals surface area contributed by atoms with Gasteiger partial charge in [0, 0.05) is 11.4 Å². The molecule has 2 aromatic rings. The summed E-state index contributed by atoms with van der Waals surface area (Å²) in [6, 6.07) is 9.80. The van der Waals surface area contributed by atoms with E-state index in [0.717, 1.165) is 16.8 Å². The molecule has 4 nitrogen and oxygen atoms in total. The molecule has 0 aliphatic heterocycles. The van der Waals surface area contributed by atoms with E-state index in [0.29, 0.717) is 18.5 Å². The number of hydrogen-bond acceptors (Lipinski definition) is 2. The fourth-order valence-electron chi connectivity index (χ4n) is 3.08. The average Bonchev–Trinajstić information content (AvgIpc) is 3.41. The summed E-state index contributed by atoms with van der Waals surface area (Å²) in [5, 5.41) is 5.56. The number of hydrogen-bond donors (Lipinski definition) is 2. The lowest BCUT2D eigenvalue weighted by atomic mass is 9.97. The molecule has 0 radical (unpaired) electrons. The smallest absolute Gasteiger partial charge is 0.240 e. The third kappa shape index (κ3) is 3.83. The zero-order chi connectivity index (χ0) is 19.8. The van der Waals surface area contributed by atoms with E-state index < -0.39 is 17.1 Å². The second-order valence-electron chi connectivity index (χ2n) is 7.31. The summed E-state index contributed by atoms with van der Waals surface area (Å²) < 4.78 is 13.3. The van der Waals surface area contributed by atoms with Crippen molar-refractivity contribution in [1.29, 1.82) is 0 Å². The number of para-hydroxylation sites is 1. The Labute approximate surface area is 163 Å². The highest BCUT2D eigenvalue weighted by Crippen LogP contribution is 2.48. The molecule has 0 bridgehead atoms. The van der Waals surface area contributed by atoms with Gasteiger partial charge in [-0.3, -0.25) is 9.59 Å². The molecule has 6 heteroatoms. The van der Waals surface area contributed by atoms with Crippen molar-refractivity contribution in [3.8, 4) is 0 Å². The molecule has 0 unspecified atom stereocenters. The number of carbonyl (C=O) groups is 2. The van der Waals surface area contributed by atoms with Gasteiger partial charge in [0.05, 0.1) is 5.02 Å². The Bertz CT molecular complexity index is 907. The number of aryl methyl sites for hydroxylation is 1. The van der Waals surface area contributed by atoms with Crippen LogP contribution in [0.25, 0.3) is 0 Å². The number of amides is 2. The van der Waals surface area contributed by atoms with Gasteiger partial charge in [-0.1, -0.05) is 43.6 Å². The topological polar surface area (TPSA) is 58.2 Å². The van der Waals surface area contributed by atoms with Gasteiger partial charge < -0.3 is 10.6 Å². The van der Waals surface area contributed by atoms with E-state index in [9.17, 15) is 14.0 Å². The predicted molar refractivity (Wildman–Crippen MR) is 106 cm³/mol. The molecule has 0 spiro atoms. The summed E-state index contributed by atoms with van der Waals surface area (Å²) in [7, 11) is 0. The molecule has 3 rings (SSSR count). The first-order chi connectivity index (χ1) is 12.7. The van der Waals surface area contributed by atoms with Crippen LogP contribution in [0.5, 0.6) is 0 Å². The van der Waals surface area contributed by atoms with Crippen LogP contribution < -0.4 is 10.6 Å². The monoisotopic (exact) mass is 388 g/mol. The summed E-state index contributed by atoms with van der Waals surface area (Å²) in [6.45, 7) is 6.05. The van der Waals surface area contributed by atoms with Gasteiger partial charge in [-0.2, -0.15) is 0 Å². The van der Waals surface area contributed by atoms with E-state index in [1.54, 1.807) is 0 Å². The van der Waals surface area contributed by atoms with Crippen LogP contribution in [0, 0.1) is 18.2 Å². The van der Waals surface area contributed by atoms with Gasteiger partial charge >= 0.3 is 0 Å². The van der Waals surface area contributed by atoms with Crippen LogP contribution >= 0.6 is 11.6 Å². The molecule has 1 aliphatic rings. The van der Waals surface area contributed by atoms with Crippen molar-refractivity contribution in [2.24, 2.45) is 5.41 Å². The molecule has 0 heterocycles. The van der Waals surface area contributed by atoms with Crippen molar-refractivity contribution in [1.82, 2.24) is 0 Å². The van der Waals surface area contributed by atoms with Gasteiger partial charge in [0.2, 0.25) is 11.8 Å². The molecule has 0 atom stereocenters. The number of halogens is 2. The maximum absolute atomic E-state index is 13.3. The van der Waals surface area contributed by atoms with Crippen molar-refractivity contribution in [3.05, 3.63) is 58.4 Å². The van der Waals surface area contributed by atoms with Crippen molar-refractivity contribution in [3.63, 3.8) is 0 Å². The minimum absolute atomic E-state index is 0.0800. The Kier molecular flexibility index (Phi) is 5.24. The van der Waals surface area contributed by atoms with Crippen molar-refractivity contribution < 1.29 is 14.0 Å². The molecule has 1 aliphatic carbocycles. The lowest BCUT2D eigenvalue weighted by Gasteiger charge is -2.20. The van der Waals surface area contributed by atoms with E-state index in [2.05, 4.69) is 24.5 Å². The molecule has 27 heavy (non-hydrogen) atoms. The Morgan fingerprint density at radius 1 is 1.11 bits per heavy atom. The Morgan fingerprint density at radius 2 is 1.78 bits per heavy atom. The van der Waals surface area contributed by atoms with E-state index in [1.807, 2.05) is 25.1 Å². The predicted octanol–water partition coefficient (Wildman–Crippen LogP) is 5.27. The number of nitrogens with one attached hydrogen (secondary N) is 2. The van der Waals surface area contributed by atoms with Crippen LogP contribution in [0.1, 0.15) is 43.7 Å². The number of benzene rings is 2. The zero-order valence-corrected chi connectivity index (χ0v) is 16.3. The molecule has 2 N–H and O–H groups in total. The second-order valence-corrected chi connectivity index (χ2v) is 7.72. The van der Waals surface area contributed by atoms with Crippen LogP contribution in [0.3, 0.4) is 0 Å². The minimum Gasteiger partial charge on any atom is -0.325 e. The van der Waals surface area contributed by atoms with Crippen molar-refractivity contribution in [2.45, 2.75) is 39.5 Å². The summed E-state index contributed by atoms with van der Waals surface area (Å²) >= 11 is 5.76. The first-order valence-electron chi connectivity index (χ1n) is 8.92. The lowest BCUT2D eigenvalue weighted by molar-refractivity contribution is -0.131. The first-order valence-corrected chi connectivity index (χ1v) is 9.30. The fourth-order valence-corrected chi connectivity index (χ4v) is 3.26. The standard InChI is InChI=1S/C21H22ClFN2O2/c1-12(2)15-6-4-5-13(3)18(15)25-20(27)21(9-10-21)19(26)24-14-7-8-17(23)16(22)11-14/h4-8,11-12H,9-10H2,1-3H3,(H,24,26)(H,25,27). The van der Waals surface area contributed by atoms with Gasteiger partial charge in [0.15, 0.2) is 0 Å². The van der Waals surface area contributed by atoms with Crippen molar-refractivity contribution in [2.75, 3.05) is 10.6 Å². The van der Waals surface area contributed by atoms with Gasteiger partial charge in [0.1, 0.15) is 11.2 Å². The maximum Gasteiger partial charge on any atom is 0.240 e. The largest absolute Gasteiger partial charge is 0.325 e. The number of rotatable bonds is 5. The van der Waals surface area contributed by atoms with Gasteiger partial charge in [-0.25, -0.2) is 4.39 Å². The van der Waals surface area contributed by atoms with Crippen molar-refractivity contribution >= 4 is 34.8 Å². The lowest BCUT2D eigenvalue weighted by Crippen LogP contribution is -2.36. The number of anilines is 2. The van der Waals surface area contributed by atoms with Crippen LogP contribution in [0.4, 0.5) is 15.8 Å². The molecule has 2 amide bonds. The van der Waals surface area contributed by atoms with Crippen LogP contribution in [-0.4, -0.2) is 11.8 Å². The van der Waals surface area contributed by atoms with Crippen LogP contribution in [0.2, 0.25) is 5.02 Å². The Morgan fingerprint density at radius 3 is 2.37 bits per heavy atom. The third-order valence-electron chi connectivity index (χ3n) is 4.96. The summed E-state index contributed by atoms with van der Waals surface area (Å²) in [4.78, 5) is 25.6. The van der Waals surface area contributed by atoms with Gasteiger partial charge in [-0.15, -0.1) is 0 Å². The summed E-state index contributed by atoms with van der Waals surface area (Å²) in [5.74, 6) is -1.04. The molecule has 0 aromatic heterocycles. The van der Waals surface area contributed by atoms with E-state index in [1.165, 1.54) is 18.2 Å². The van der Waals surface area contributed by atoms with Crippen LogP contribution in [-0.2, 0) is 9.59 Å². The molecule has 0 saturated heterocycles. The van der Waals surface area contributed by atoms with E-state index in [4.69, 9.17) is 11.6 Å². The third-order valence-corrected chi connectivity index (χ3v) is 5.25. The SMILES string of the molecule is Cc1cccc(C(C)C)c1NC(=O)C1(C(=O)Nc2ccc(F)c(Cl)c2)CC1. The van der Waals surface area contributed by atoms with Crippen LogP contribution in [0.15, 0.2) is 36.4 Å². The molecule has 1 saturated carbocycles. The first kappa shape index (κ1) is 19.4. The highest BCUT2D eigenvalue weighted by atomic mass is 35.5. The second kappa shape index (κ2) is 7.31. The minimum atomic E-state index is -1.10. The molecule has 2 aromatic carbocycles. The van der Waals surface area contributed by atoms with Gasteiger partial charge in [-0.05, 0) is 55.0 Å². The quantitative estimate of drug-likeness (QED) is 0.685. The zero-order valence-electron chi connectivity index (χ0n) is 15.5. The highest BCUT2D eigenvalue weighted by molar-refractivity contribution is 6.31. The van der Waals surface area contributed by atoms with Gasteiger partial charge in [0.25, 0.3) is 0 Å². The summed E-state index contributed by atoms with van der Waals surface area (Å²) in [5.41, 5.74) is 2.02. The Balaban J connectivity index is 1.79. The van der Waals surface area contributed by atoms with E-state index in [-0.39, 0.29) is 16.8 Å². The average molecular weight is 389 g/mol. The maximum atomic E-state index is 13.3. The molecule has 1 fully saturated rings. The fraction of sp³-hybridized carbons (Fsp3) is 0.333. The molecular formula is C21H22ClFN2O2. The Hall–Kier alpha value is -2.40. The van der Waals surface area contributed by atoms with E-state index >= 15 is 0 Å². The molecule has 142 valence electrons. The highest BCUT2D eigenvalue weighted by Gasteiger charge is 2.56. The normalized spacial score (nSPS) is 14.7. The number of carbonyl (C=O) groups excluding carboxylic acids is 2. The summed E-state index contributed by atoms with van der Waals surface area (Å²) in [6.07, 6.45) is 0.949.